The van der Waals surface area contributed by atoms with Crippen molar-refractivity contribution in [1.29, 1.82) is 0 Å². The average Bonchev–Trinajstić information content (AvgIpc) is 3.08. The van der Waals surface area contributed by atoms with Gasteiger partial charge in [-0.15, -0.1) is 0 Å². The molecule has 4 nitrogen and oxygen atoms in total. The van der Waals surface area contributed by atoms with Crippen molar-refractivity contribution in [2.24, 2.45) is 5.92 Å². The molecule has 0 spiro atoms. The minimum absolute atomic E-state index is 0.154. The Bertz CT molecular complexity index is 491. The highest BCUT2D eigenvalue weighted by molar-refractivity contribution is 5.68. The summed E-state index contributed by atoms with van der Waals surface area (Å²) < 4.78 is 5.14. The number of hydrogen-bond acceptors (Lipinski definition) is 3. The standard InChI is InChI=1S/C17H24N2O2/c1-3-21-17(20)18-11-15-9-10-19(16(15)12-18)13(2)14-7-5-4-6-8-14/h4-8,13,15-16H,3,9-12H2,1-2H3/t13-,15?,16?/m1/s1. The quantitative estimate of drug-likeness (QED) is 0.857. The van der Waals surface area contributed by atoms with Crippen LogP contribution in [0.3, 0.4) is 0 Å². The molecule has 2 heterocycles. The van der Waals surface area contributed by atoms with Crippen LogP contribution in [0.5, 0.6) is 0 Å². The normalized spacial score (nSPS) is 26.7. The number of benzene rings is 1. The molecule has 0 N–H and O–H groups in total. The van der Waals surface area contributed by atoms with Crippen LogP contribution in [-0.2, 0) is 4.74 Å². The summed E-state index contributed by atoms with van der Waals surface area (Å²) in [5, 5.41) is 0. The zero-order valence-electron chi connectivity index (χ0n) is 12.9. The van der Waals surface area contributed by atoms with Gasteiger partial charge in [0.05, 0.1) is 6.61 Å². The van der Waals surface area contributed by atoms with Crippen molar-refractivity contribution in [2.45, 2.75) is 32.4 Å². The van der Waals surface area contributed by atoms with Crippen molar-refractivity contribution in [3.8, 4) is 0 Å². The largest absolute Gasteiger partial charge is 0.450 e. The summed E-state index contributed by atoms with van der Waals surface area (Å²) in [6, 6.07) is 11.5. The Morgan fingerprint density at radius 3 is 2.81 bits per heavy atom. The summed E-state index contributed by atoms with van der Waals surface area (Å²) in [7, 11) is 0. The van der Waals surface area contributed by atoms with Gasteiger partial charge in [0.25, 0.3) is 0 Å². The number of hydrogen-bond donors (Lipinski definition) is 0. The topological polar surface area (TPSA) is 32.8 Å². The second-order valence-corrected chi connectivity index (χ2v) is 6.04. The first-order valence-corrected chi connectivity index (χ1v) is 7.93. The lowest BCUT2D eigenvalue weighted by Crippen LogP contribution is -2.38. The van der Waals surface area contributed by atoms with E-state index in [9.17, 15) is 4.79 Å². The van der Waals surface area contributed by atoms with Crippen LogP contribution in [0.4, 0.5) is 4.79 Å². The van der Waals surface area contributed by atoms with Gasteiger partial charge in [0.15, 0.2) is 0 Å². The van der Waals surface area contributed by atoms with Crippen molar-refractivity contribution >= 4 is 6.09 Å². The van der Waals surface area contributed by atoms with Gasteiger partial charge in [-0.25, -0.2) is 4.79 Å². The second-order valence-electron chi connectivity index (χ2n) is 6.04. The highest BCUT2D eigenvalue weighted by Gasteiger charge is 2.44. The Balaban J connectivity index is 1.68. The van der Waals surface area contributed by atoms with Crippen molar-refractivity contribution in [3.63, 3.8) is 0 Å². The minimum atomic E-state index is -0.154. The Kier molecular flexibility index (Phi) is 4.15. The van der Waals surface area contributed by atoms with Crippen LogP contribution >= 0.6 is 0 Å². The van der Waals surface area contributed by atoms with E-state index in [0.29, 0.717) is 24.6 Å². The lowest BCUT2D eigenvalue weighted by molar-refractivity contribution is 0.107. The molecule has 1 aromatic rings. The van der Waals surface area contributed by atoms with Gasteiger partial charge >= 0.3 is 6.09 Å². The molecule has 21 heavy (non-hydrogen) atoms. The first kappa shape index (κ1) is 14.4. The van der Waals surface area contributed by atoms with Gasteiger partial charge in [0.1, 0.15) is 0 Å². The predicted molar refractivity (Wildman–Crippen MR) is 82.1 cm³/mol. The first-order valence-electron chi connectivity index (χ1n) is 7.93. The van der Waals surface area contributed by atoms with Crippen LogP contribution in [-0.4, -0.2) is 48.2 Å². The monoisotopic (exact) mass is 288 g/mol. The maximum Gasteiger partial charge on any atom is 0.409 e. The maximum absolute atomic E-state index is 11.9. The second kappa shape index (κ2) is 6.06. The lowest BCUT2D eigenvalue weighted by atomic mass is 10.0. The summed E-state index contributed by atoms with van der Waals surface area (Å²) >= 11 is 0. The smallest absolute Gasteiger partial charge is 0.409 e. The molecule has 1 amide bonds. The van der Waals surface area contributed by atoms with E-state index in [1.807, 2.05) is 11.8 Å². The Hall–Kier alpha value is -1.55. The molecule has 0 radical (unpaired) electrons. The van der Waals surface area contributed by atoms with Crippen LogP contribution in [0.2, 0.25) is 0 Å². The van der Waals surface area contributed by atoms with E-state index in [1.165, 1.54) is 12.0 Å². The minimum Gasteiger partial charge on any atom is -0.450 e. The van der Waals surface area contributed by atoms with Crippen molar-refractivity contribution < 1.29 is 9.53 Å². The van der Waals surface area contributed by atoms with Crippen LogP contribution in [0, 0.1) is 5.92 Å². The van der Waals surface area contributed by atoms with Crippen LogP contribution in [0.1, 0.15) is 31.9 Å². The summed E-state index contributed by atoms with van der Waals surface area (Å²) in [5.41, 5.74) is 1.35. The third-order valence-corrected chi connectivity index (χ3v) is 4.90. The third-order valence-electron chi connectivity index (χ3n) is 4.90. The SMILES string of the molecule is CCOC(=O)N1CC2CCN([C@H](C)c3ccccc3)C2C1. The molecule has 3 rings (SSSR count). The van der Waals surface area contributed by atoms with Crippen molar-refractivity contribution in [3.05, 3.63) is 35.9 Å². The number of amides is 1. The maximum atomic E-state index is 11.9. The van der Waals surface area contributed by atoms with Gasteiger partial charge in [-0.2, -0.15) is 0 Å². The molecule has 114 valence electrons. The van der Waals surface area contributed by atoms with E-state index in [-0.39, 0.29) is 6.09 Å². The van der Waals surface area contributed by atoms with Crippen LogP contribution in [0.15, 0.2) is 30.3 Å². The van der Waals surface area contributed by atoms with E-state index in [1.54, 1.807) is 0 Å². The third kappa shape index (κ3) is 2.77. The van der Waals surface area contributed by atoms with Gasteiger partial charge in [0, 0.05) is 25.2 Å². The molecule has 2 aliphatic heterocycles. The molecule has 2 unspecified atom stereocenters. The first-order chi connectivity index (χ1) is 10.2. The molecule has 3 atom stereocenters. The number of carbonyl (C=O) groups is 1. The Morgan fingerprint density at radius 1 is 1.33 bits per heavy atom. The Morgan fingerprint density at radius 2 is 2.10 bits per heavy atom. The fourth-order valence-corrected chi connectivity index (χ4v) is 3.76. The molecule has 4 heteroatoms. The predicted octanol–water partition coefficient (Wildman–Crippen LogP) is 2.91. The summed E-state index contributed by atoms with van der Waals surface area (Å²) in [5.74, 6) is 0.598. The zero-order valence-corrected chi connectivity index (χ0v) is 12.9. The number of rotatable bonds is 3. The van der Waals surface area contributed by atoms with Crippen molar-refractivity contribution in [1.82, 2.24) is 9.80 Å². The number of ether oxygens (including phenoxy) is 1. The van der Waals surface area contributed by atoms with Gasteiger partial charge < -0.3 is 9.64 Å². The fraction of sp³-hybridized carbons (Fsp3) is 0.588. The van der Waals surface area contributed by atoms with Crippen LogP contribution < -0.4 is 0 Å². The van der Waals surface area contributed by atoms with Gasteiger partial charge in [-0.3, -0.25) is 4.90 Å². The van der Waals surface area contributed by atoms with Crippen LogP contribution in [0.25, 0.3) is 0 Å². The van der Waals surface area contributed by atoms with E-state index in [0.717, 1.165) is 19.6 Å². The molecule has 0 aliphatic carbocycles. The average molecular weight is 288 g/mol. The zero-order chi connectivity index (χ0) is 14.8. The van der Waals surface area contributed by atoms with Gasteiger partial charge in [-0.05, 0) is 38.3 Å². The molecule has 0 bridgehead atoms. The molecule has 2 aliphatic rings. The number of fused-ring (bicyclic) bond motifs is 1. The molecule has 0 saturated carbocycles. The van der Waals surface area contributed by atoms with E-state index >= 15 is 0 Å². The van der Waals surface area contributed by atoms with Crippen molar-refractivity contribution in [2.75, 3.05) is 26.2 Å². The Labute approximate surface area is 126 Å². The summed E-state index contributed by atoms with van der Waals surface area (Å²) in [6.45, 7) is 7.36. The molecular formula is C17H24N2O2. The number of nitrogens with zero attached hydrogens (tertiary/aromatic N) is 2. The van der Waals surface area contributed by atoms with E-state index < -0.39 is 0 Å². The molecule has 2 fully saturated rings. The molecule has 1 aromatic carbocycles. The summed E-state index contributed by atoms with van der Waals surface area (Å²) in [4.78, 5) is 16.3. The van der Waals surface area contributed by atoms with E-state index in [2.05, 4.69) is 42.2 Å². The molecular weight excluding hydrogens is 264 g/mol. The fourth-order valence-electron chi connectivity index (χ4n) is 3.76. The van der Waals surface area contributed by atoms with Gasteiger partial charge in [0.2, 0.25) is 0 Å². The number of likely N-dealkylation sites (tertiary alicyclic amines) is 2. The number of carbonyl (C=O) groups excluding carboxylic acids is 1. The summed E-state index contributed by atoms with van der Waals surface area (Å²) in [6.07, 6.45) is 1.02. The highest BCUT2D eigenvalue weighted by Crippen LogP contribution is 2.37. The van der Waals surface area contributed by atoms with E-state index in [4.69, 9.17) is 4.74 Å². The van der Waals surface area contributed by atoms with Gasteiger partial charge in [-0.1, -0.05) is 30.3 Å². The molecule has 0 aromatic heterocycles. The highest BCUT2D eigenvalue weighted by atomic mass is 16.6. The molecule has 2 saturated heterocycles. The lowest BCUT2D eigenvalue weighted by Gasteiger charge is -2.30.